The van der Waals surface area contributed by atoms with Crippen LogP contribution in [0.1, 0.15) is 0 Å². The molecule has 0 atom stereocenters. The van der Waals surface area contributed by atoms with Crippen LogP contribution in [-0.2, 0) is 0 Å². The first-order chi connectivity index (χ1) is 23.8. The number of aromatic nitrogens is 2. The van der Waals surface area contributed by atoms with Crippen molar-refractivity contribution in [1.29, 1.82) is 0 Å². The fourth-order valence-corrected chi connectivity index (χ4v) is 7.34. The average Bonchev–Trinajstić information content (AvgIpc) is 3.67. The molecule has 0 radical (unpaired) electrons. The van der Waals surface area contributed by atoms with E-state index in [2.05, 4.69) is 128 Å². The summed E-state index contributed by atoms with van der Waals surface area (Å²) in [4.78, 5) is 8.13. The Morgan fingerprint density at radius 3 is 1.38 bits per heavy atom. The van der Waals surface area contributed by atoms with Gasteiger partial charge in [0.2, 0.25) is 5.69 Å². The van der Waals surface area contributed by atoms with Crippen molar-refractivity contribution in [2.45, 2.75) is 0 Å². The van der Waals surface area contributed by atoms with Crippen molar-refractivity contribution in [1.82, 2.24) is 9.13 Å². The molecule has 2 heterocycles. The van der Waals surface area contributed by atoms with Gasteiger partial charge in [-0.3, -0.25) is 0 Å². The van der Waals surface area contributed by atoms with Crippen LogP contribution in [0.15, 0.2) is 158 Å². The molecule has 0 aliphatic rings. The van der Waals surface area contributed by atoms with Gasteiger partial charge in [0.1, 0.15) is 0 Å². The summed E-state index contributed by atoms with van der Waals surface area (Å²) in [5.41, 5.74) is 10.8. The van der Waals surface area contributed by atoms with Crippen LogP contribution < -0.4 is 0 Å². The minimum atomic E-state index is 0.565. The Morgan fingerprint density at radius 1 is 0.375 bits per heavy atom. The molecule has 0 bridgehead atoms. The highest BCUT2D eigenvalue weighted by atomic mass is 15.0. The summed E-state index contributed by atoms with van der Waals surface area (Å²) in [5, 5.41) is 4.68. The van der Waals surface area contributed by atoms with Crippen molar-refractivity contribution < 1.29 is 0 Å². The van der Waals surface area contributed by atoms with Crippen LogP contribution >= 0.6 is 0 Å². The van der Waals surface area contributed by atoms with E-state index in [4.69, 9.17) is 13.1 Å². The van der Waals surface area contributed by atoms with E-state index < -0.39 is 0 Å². The lowest BCUT2D eigenvalue weighted by Gasteiger charge is -2.17. The fourth-order valence-electron chi connectivity index (χ4n) is 7.34. The Morgan fingerprint density at radius 2 is 0.833 bits per heavy atom. The van der Waals surface area contributed by atoms with E-state index in [1.54, 1.807) is 0 Å². The van der Waals surface area contributed by atoms with E-state index in [0.717, 1.165) is 66.5 Å². The summed E-state index contributed by atoms with van der Waals surface area (Å²) < 4.78 is 4.50. The molecule has 9 rings (SSSR count). The lowest BCUT2D eigenvalue weighted by molar-refractivity contribution is 1.18. The molecular weight excluding hydrogens is 585 g/mol. The first kappa shape index (κ1) is 27.4. The Balaban J connectivity index is 1.28. The van der Waals surface area contributed by atoms with Crippen molar-refractivity contribution in [3.63, 3.8) is 0 Å². The van der Waals surface area contributed by atoms with Crippen LogP contribution in [0.4, 0.5) is 11.4 Å². The largest absolute Gasteiger partial charge is 0.319 e. The molecule has 4 heteroatoms. The van der Waals surface area contributed by atoms with Gasteiger partial charge in [0.05, 0.1) is 46.6 Å². The Bertz CT molecular complexity index is 2710. The molecule has 0 saturated heterocycles. The summed E-state index contributed by atoms with van der Waals surface area (Å²) in [7, 11) is 0. The minimum Gasteiger partial charge on any atom is -0.319 e. The number of fused-ring (bicyclic) bond motifs is 6. The molecule has 0 unspecified atom stereocenters. The zero-order valence-corrected chi connectivity index (χ0v) is 25.8. The third kappa shape index (κ3) is 4.01. The normalized spacial score (nSPS) is 11.3. The quantitative estimate of drug-likeness (QED) is 0.177. The Hall–Kier alpha value is -6.88. The highest BCUT2D eigenvalue weighted by Gasteiger charge is 2.20. The maximum Gasteiger partial charge on any atom is 0.218 e. The van der Waals surface area contributed by atoms with Gasteiger partial charge < -0.3 is 9.13 Å². The number of rotatable bonds is 4. The molecule has 0 fully saturated rings. The first-order valence-corrected chi connectivity index (χ1v) is 15.9. The molecule has 9 aromatic rings. The topological polar surface area (TPSA) is 18.6 Å². The Labute approximate surface area is 277 Å². The van der Waals surface area contributed by atoms with Crippen LogP contribution in [0.25, 0.3) is 86.9 Å². The monoisotopic (exact) mass is 610 g/mol. The molecule has 0 aliphatic heterocycles. The van der Waals surface area contributed by atoms with Gasteiger partial charge in [-0.2, -0.15) is 0 Å². The van der Waals surface area contributed by atoms with Crippen LogP contribution in [0.5, 0.6) is 0 Å². The highest BCUT2D eigenvalue weighted by Crippen LogP contribution is 2.44. The summed E-state index contributed by atoms with van der Waals surface area (Å²) in [5.74, 6) is 0. The number of para-hydroxylation sites is 6. The van der Waals surface area contributed by atoms with E-state index >= 15 is 0 Å². The predicted molar refractivity (Wildman–Crippen MR) is 199 cm³/mol. The van der Waals surface area contributed by atoms with Gasteiger partial charge in [-0.15, -0.1) is 0 Å². The summed E-state index contributed by atoms with van der Waals surface area (Å²) in [6.07, 6.45) is 0. The van der Waals surface area contributed by atoms with E-state index in [9.17, 15) is 0 Å². The molecule has 2 aromatic heterocycles. The summed E-state index contributed by atoms with van der Waals surface area (Å²) in [6.45, 7) is 16.6. The minimum absolute atomic E-state index is 0.565. The zero-order valence-electron chi connectivity index (χ0n) is 25.8. The Kier molecular flexibility index (Phi) is 6.22. The molecule has 0 spiro atoms. The van der Waals surface area contributed by atoms with Crippen molar-refractivity contribution in [3.8, 4) is 33.6 Å². The number of nitrogens with zero attached hydrogens (tertiary/aromatic N) is 4. The summed E-state index contributed by atoms with van der Waals surface area (Å²) in [6, 6.07) is 54.0. The molecule has 7 aromatic carbocycles. The maximum atomic E-state index is 8.43. The SMILES string of the molecule is [C-]#[N+]c1ccc(-c2cccc(-n3c4ccccc4c4ccccc43)c2[N+]#[C-])cc1-c1ccccc1-n1c2ccccc2c2ccccc21. The summed E-state index contributed by atoms with van der Waals surface area (Å²) >= 11 is 0. The van der Waals surface area contributed by atoms with Crippen molar-refractivity contribution >= 4 is 55.0 Å². The van der Waals surface area contributed by atoms with Gasteiger partial charge in [0.25, 0.3) is 0 Å². The second kappa shape index (κ2) is 10.9. The number of hydrogen-bond donors (Lipinski definition) is 0. The first-order valence-electron chi connectivity index (χ1n) is 15.9. The van der Waals surface area contributed by atoms with Crippen LogP contribution in [-0.4, -0.2) is 9.13 Å². The van der Waals surface area contributed by atoms with Gasteiger partial charge in [-0.05, 0) is 58.7 Å². The lowest BCUT2D eigenvalue weighted by Crippen LogP contribution is -1.97. The van der Waals surface area contributed by atoms with Crippen molar-refractivity contribution in [3.05, 3.63) is 181 Å². The molecule has 222 valence electrons. The van der Waals surface area contributed by atoms with Crippen LogP contribution in [0.3, 0.4) is 0 Å². The second-order valence-electron chi connectivity index (χ2n) is 11.9. The smallest absolute Gasteiger partial charge is 0.218 e. The standard InChI is InChI=1S/C44H26N4/c1-45-37-27-26-29(30-19-13-25-43(44(30)46-2)48-40-22-10-5-16-33(40)34-17-6-11-23-41(34)48)28-36(37)35-18-7-12-24-42(35)47-38-20-8-3-14-31(38)32-15-4-9-21-39(32)47/h3-28H. The number of hydrogen-bond acceptors (Lipinski definition) is 0. The third-order valence-corrected chi connectivity index (χ3v) is 9.39. The van der Waals surface area contributed by atoms with E-state index in [0.29, 0.717) is 11.4 Å². The van der Waals surface area contributed by atoms with Crippen molar-refractivity contribution in [2.75, 3.05) is 0 Å². The average molecular weight is 611 g/mol. The molecule has 0 aliphatic carbocycles. The predicted octanol–water partition coefficient (Wildman–Crippen LogP) is 12.3. The lowest BCUT2D eigenvalue weighted by atomic mass is 9.95. The fraction of sp³-hybridized carbons (Fsp3) is 0. The van der Waals surface area contributed by atoms with Gasteiger partial charge in [0.15, 0.2) is 5.69 Å². The van der Waals surface area contributed by atoms with Crippen LogP contribution in [0.2, 0.25) is 0 Å². The van der Waals surface area contributed by atoms with E-state index in [1.165, 1.54) is 10.8 Å². The van der Waals surface area contributed by atoms with E-state index in [1.807, 2.05) is 48.5 Å². The van der Waals surface area contributed by atoms with Gasteiger partial charge in [0, 0.05) is 21.5 Å². The highest BCUT2D eigenvalue weighted by molar-refractivity contribution is 6.11. The zero-order chi connectivity index (χ0) is 32.2. The molecule has 0 N–H and O–H groups in total. The van der Waals surface area contributed by atoms with Gasteiger partial charge >= 0.3 is 0 Å². The molecule has 0 saturated carbocycles. The maximum absolute atomic E-state index is 8.43. The van der Waals surface area contributed by atoms with Gasteiger partial charge in [-0.25, -0.2) is 9.69 Å². The molecule has 4 nitrogen and oxygen atoms in total. The third-order valence-electron chi connectivity index (χ3n) is 9.39. The van der Waals surface area contributed by atoms with Gasteiger partial charge in [-0.1, -0.05) is 121 Å². The van der Waals surface area contributed by atoms with E-state index in [-0.39, 0.29) is 0 Å². The molecular formula is C44H26N4. The number of benzene rings is 7. The molecule has 48 heavy (non-hydrogen) atoms. The van der Waals surface area contributed by atoms with Crippen molar-refractivity contribution in [2.24, 2.45) is 0 Å². The molecule has 0 amide bonds. The van der Waals surface area contributed by atoms with Crippen LogP contribution in [0, 0.1) is 13.1 Å². The second-order valence-corrected chi connectivity index (χ2v) is 11.9.